The number of carboxylic acids is 1. The first-order valence-corrected chi connectivity index (χ1v) is 6.57. The number of piperidine rings is 1. The number of nitrogens with zero attached hydrogens (tertiary/aromatic N) is 2. The third-order valence-electron chi connectivity index (χ3n) is 3.98. The van der Waals surface area contributed by atoms with Crippen molar-refractivity contribution in [1.82, 2.24) is 9.80 Å². The molecule has 1 N–H and O–H groups in total. The monoisotopic (exact) mass is 256 g/mol. The maximum atomic E-state index is 11.9. The number of carboxylic acid groups (broad SMARTS) is 1. The fourth-order valence-corrected chi connectivity index (χ4v) is 2.38. The SMILES string of the molecule is CCC1(C(=O)O)CCN(C(=O)CCN(C)C)CC1. The van der Waals surface area contributed by atoms with Crippen molar-refractivity contribution < 1.29 is 14.7 Å². The Labute approximate surface area is 109 Å². The van der Waals surface area contributed by atoms with E-state index in [1.165, 1.54) is 0 Å². The first-order chi connectivity index (χ1) is 8.41. The molecule has 0 bridgehead atoms. The minimum Gasteiger partial charge on any atom is -0.481 e. The van der Waals surface area contributed by atoms with Gasteiger partial charge in [-0.2, -0.15) is 0 Å². The molecule has 1 aliphatic heterocycles. The molecule has 1 heterocycles. The summed E-state index contributed by atoms with van der Waals surface area (Å²) in [6.45, 7) is 3.81. The van der Waals surface area contributed by atoms with Crippen LogP contribution in [0.25, 0.3) is 0 Å². The Morgan fingerprint density at radius 3 is 2.22 bits per heavy atom. The third kappa shape index (κ3) is 3.45. The standard InChI is InChI=1S/C13H24N2O3/c1-4-13(12(17)18)6-9-15(10-7-13)11(16)5-8-14(2)3/h4-10H2,1-3H3,(H,17,18). The van der Waals surface area contributed by atoms with E-state index in [4.69, 9.17) is 0 Å². The van der Waals surface area contributed by atoms with Crippen LogP contribution in [0.3, 0.4) is 0 Å². The third-order valence-corrected chi connectivity index (χ3v) is 3.98. The highest BCUT2D eigenvalue weighted by Crippen LogP contribution is 2.35. The van der Waals surface area contributed by atoms with Gasteiger partial charge in [-0.3, -0.25) is 9.59 Å². The molecule has 1 amide bonds. The highest BCUT2D eigenvalue weighted by atomic mass is 16.4. The lowest BCUT2D eigenvalue weighted by atomic mass is 9.76. The summed E-state index contributed by atoms with van der Waals surface area (Å²) in [4.78, 5) is 27.0. The number of carbonyl (C=O) groups excluding carboxylic acids is 1. The molecule has 5 nitrogen and oxygen atoms in total. The molecular weight excluding hydrogens is 232 g/mol. The molecule has 1 aliphatic rings. The molecule has 1 fully saturated rings. The maximum absolute atomic E-state index is 11.9. The van der Waals surface area contributed by atoms with Gasteiger partial charge in [0.05, 0.1) is 5.41 Å². The van der Waals surface area contributed by atoms with Crippen molar-refractivity contribution in [3.8, 4) is 0 Å². The fraction of sp³-hybridized carbons (Fsp3) is 0.846. The zero-order valence-electron chi connectivity index (χ0n) is 11.6. The average molecular weight is 256 g/mol. The quantitative estimate of drug-likeness (QED) is 0.798. The molecule has 104 valence electrons. The number of rotatable bonds is 5. The Morgan fingerprint density at radius 1 is 1.28 bits per heavy atom. The van der Waals surface area contributed by atoms with E-state index in [1.54, 1.807) is 4.90 Å². The Hall–Kier alpha value is -1.10. The van der Waals surface area contributed by atoms with Gasteiger partial charge in [-0.25, -0.2) is 0 Å². The zero-order valence-corrected chi connectivity index (χ0v) is 11.6. The minimum atomic E-state index is -0.717. The van der Waals surface area contributed by atoms with E-state index < -0.39 is 11.4 Å². The van der Waals surface area contributed by atoms with Gasteiger partial charge in [-0.1, -0.05) is 6.92 Å². The topological polar surface area (TPSA) is 60.9 Å². The van der Waals surface area contributed by atoms with Gasteiger partial charge < -0.3 is 14.9 Å². The Bertz CT molecular complexity index is 307. The van der Waals surface area contributed by atoms with Gasteiger partial charge in [0.1, 0.15) is 0 Å². The molecule has 0 spiro atoms. The first kappa shape index (κ1) is 15.0. The lowest BCUT2D eigenvalue weighted by Crippen LogP contribution is -2.46. The molecule has 0 aliphatic carbocycles. The molecule has 0 aromatic carbocycles. The smallest absolute Gasteiger partial charge is 0.309 e. The van der Waals surface area contributed by atoms with Gasteiger partial charge in [-0.15, -0.1) is 0 Å². The van der Waals surface area contributed by atoms with E-state index in [0.717, 1.165) is 6.54 Å². The van der Waals surface area contributed by atoms with Crippen LogP contribution in [0.15, 0.2) is 0 Å². The van der Waals surface area contributed by atoms with E-state index in [1.807, 2.05) is 25.9 Å². The summed E-state index contributed by atoms with van der Waals surface area (Å²) in [7, 11) is 3.88. The molecule has 0 saturated carbocycles. The van der Waals surface area contributed by atoms with Crippen LogP contribution in [-0.2, 0) is 9.59 Å². The number of carbonyl (C=O) groups is 2. The van der Waals surface area contributed by atoms with Crippen LogP contribution < -0.4 is 0 Å². The molecule has 0 aromatic heterocycles. The molecule has 1 saturated heterocycles. The summed E-state index contributed by atoms with van der Waals surface area (Å²) in [6, 6.07) is 0. The molecular formula is C13H24N2O3. The normalized spacial score (nSPS) is 19.0. The molecule has 5 heteroatoms. The van der Waals surface area contributed by atoms with Crippen molar-refractivity contribution in [2.45, 2.75) is 32.6 Å². The predicted octanol–water partition coefficient (Wildman–Crippen LogP) is 1.04. The van der Waals surface area contributed by atoms with Crippen molar-refractivity contribution in [3.63, 3.8) is 0 Å². The Kier molecular flexibility index (Phi) is 5.14. The van der Waals surface area contributed by atoms with Crippen LogP contribution in [0, 0.1) is 5.41 Å². The summed E-state index contributed by atoms with van der Waals surface area (Å²) >= 11 is 0. The number of hydrogen-bond acceptors (Lipinski definition) is 3. The molecule has 0 atom stereocenters. The number of aliphatic carboxylic acids is 1. The Morgan fingerprint density at radius 2 is 1.83 bits per heavy atom. The van der Waals surface area contributed by atoms with Crippen molar-refractivity contribution >= 4 is 11.9 Å². The summed E-state index contributed by atoms with van der Waals surface area (Å²) in [6.07, 6.45) is 2.31. The van der Waals surface area contributed by atoms with Gasteiger partial charge in [0.25, 0.3) is 0 Å². The second-order valence-corrected chi connectivity index (χ2v) is 5.37. The fourth-order valence-electron chi connectivity index (χ4n) is 2.38. The minimum absolute atomic E-state index is 0.138. The predicted molar refractivity (Wildman–Crippen MR) is 69.3 cm³/mol. The highest BCUT2D eigenvalue weighted by molar-refractivity contribution is 5.78. The first-order valence-electron chi connectivity index (χ1n) is 6.57. The van der Waals surface area contributed by atoms with E-state index in [9.17, 15) is 14.7 Å². The zero-order chi connectivity index (χ0) is 13.8. The second-order valence-electron chi connectivity index (χ2n) is 5.37. The lowest BCUT2D eigenvalue weighted by Gasteiger charge is -2.38. The molecule has 1 rings (SSSR count). The maximum Gasteiger partial charge on any atom is 0.309 e. The largest absolute Gasteiger partial charge is 0.481 e. The van der Waals surface area contributed by atoms with Crippen molar-refractivity contribution in [1.29, 1.82) is 0 Å². The van der Waals surface area contributed by atoms with Crippen molar-refractivity contribution in [3.05, 3.63) is 0 Å². The molecule has 0 unspecified atom stereocenters. The number of amides is 1. The van der Waals surface area contributed by atoms with Gasteiger partial charge >= 0.3 is 5.97 Å². The molecule has 0 aromatic rings. The summed E-state index contributed by atoms with van der Waals surface area (Å²) in [5.41, 5.74) is -0.613. The van der Waals surface area contributed by atoms with Gasteiger partial charge in [0, 0.05) is 26.1 Å². The van der Waals surface area contributed by atoms with Crippen LogP contribution in [-0.4, -0.2) is 60.5 Å². The van der Waals surface area contributed by atoms with Crippen molar-refractivity contribution in [2.75, 3.05) is 33.7 Å². The van der Waals surface area contributed by atoms with Crippen LogP contribution in [0.4, 0.5) is 0 Å². The highest BCUT2D eigenvalue weighted by Gasteiger charge is 2.40. The van der Waals surface area contributed by atoms with E-state index in [-0.39, 0.29) is 5.91 Å². The van der Waals surface area contributed by atoms with E-state index in [2.05, 4.69) is 0 Å². The van der Waals surface area contributed by atoms with Crippen LogP contribution in [0.2, 0.25) is 0 Å². The van der Waals surface area contributed by atoms with E-state index in [0.29, 0.717) is 38.8 Å². The average Bonchev–Trinajstić information content (AvgIpc) is 2.35. The van der Waals surface area contributed by atoms with Crippen LogP contribution >= 0.6 is 0 Å². The number of hydrogen-bond donors (Lipinski definition) is 1. The molecule has 18 heavy (non-hydrogen) atoms. The van der Waals surface area contributed by atoms with Crippen LogP contribution in [0.1, 0.15) is 32.6 Å². The summed E-state index contributed by atoms with van der Waals surface area (Å²) < 4.78 is 0. The number of likely N-dealkylation sites (tertiary alicyclic amines) is 1. The Balaban J connectivity index is 2.48. The second kappa shape index (κ2) is 6.18. The van der Waals surface area contributed by atoms with Gasteiger partial charge in [0.2, 0.25) is 5.91 Å². The lowest BCUT2D eigenvalue weighted by molar-refractivity contribution is -0.154. The van der Waals surface area contributed by atoms with Gasteiger partial charge in [-0.05, 0) is 33.4 Å². The van der Waals surface area contributed by atoms with Gasteiger partial charge in [0.15, 0.2) is 0 Å². The summed E-state index contributed by atoms with van der Waals surface area (Å²) in [5.74, 6) is -0.579. The molecule has 0 radical (unpaired) electrons. The van der Waals surface area contributed by atoms with Crippen LogP contribution in [0.5, 0.6) is 0 Å². The van der Waals surface area contributed by atoms with E-state index >= 15 is 0 Å². The summed E-state index contributed by atoms with van der Waals surface area (Å²) in [5, 5.41) is 9.28. The van der Waals surface area contributed by atoms with Crippen molar-refractivity contribution in [2.24, 2.45) is 5.41 Å².